The zero-order chi connectivity index (χ0) is 30.9. The van der Waals surface area contributed by atoms with Gasteiger partial charge in [0.15, 0.2) is 5.78 Å². The second-order valence-electron chi connectivity index (χ2n) is 12.6. The van der Waals surface area contributed by atoms with Gasteiger partial charge in [-0.05, 0) is 98.9 Å². The molecule has 0 bridgehead atoms. The van der Waals surface area contributed by atoms with Crippen LogP contribution in [-0.2, 0) is 0 Å². The minimum absolute atomic E-state index is 0.0374. The van der Waals surface area contributed by atoms with Crippen LogP contribution in [0.2, 0.25) is 0 Å². The topological polar surface area (TPSA) is 22.0 Å². The van der Waals surface area contributed by atoms with Gasteiger partial charge in [0.2, 0.25) is 0 Å². The highest BCUT2D eigenvalue weighted by Crippen LogP contribution is 2.41. The van der Waals surface area contributed by atoms with E-state index in [1.807, 2.05) is 42.5 Å². The van der Waals surface area contributed by atoms with E-state index >= 15 is 0 Å². The van der Waals surface area contributed by atoms with E-state index in [0.29, 0.717) is 11.1 Å². The smallest absolute Gasteiger partial charge is 0.193 e. The zero-order valence-electron chi connectivity index (χ0n) is 25.8. The number of carbonyl (C=O) groups excluding carboxylic acids is 1. The summed E-state index contributed by atoms with van der Waals surface area (Å²) in [6.07, 6.45) is 0. The van der Waals surface area contributed by atoms with Crippen molar-refractivity contribution in [2.45, 2.75) is 19.8 Å². The number of fused-ring (bicyclic) bond motifs is 3. The molecule has 0 saturated carbocycles. The van der Waals surface area contributed by atoms with Crippen molar-refractivity contribution in [3.63, 3.8) is 0 Å². The Morgan fingerprint density at radius 2 is 1.17 bits per heavy atom. The average Bonchev–Trinajstić information content (AvgIpc) is 3.43. The van der Waals surface area contributed by atoms with Gasteiger partial charge in [-0.15, -0.1) is 0 Å². The highest BCUT2D eigenvalue weighted by Gasteiger charge is 2.19. The third-order valence-corrected chi connectivity index (χ3v) is 9.90. The molecular weight excluding hydrogens is 558 g/mol. The molecule has 8 aromatic carbocycles. The summed E-state index contributed by atoms with van der Waals surface area (Å²) in [4.78, 5) is 13.1. The number of aromatic nitrogens is 1. The van der Waals surface area contributed by atoms with Gasteiger partial charge in [0.25, 0.3) is 0 Å². The maximum Gasteiger partial charge on any atom is 0.193 e. The average molecular weight is 590 g/mol. The molecule has 0 aliphatic carbocycles. The fourth-order valence-electron chi connectivity index (χ4n) is 7.54. The molecule has 0 N–H and O–H groups in total. The van der Waals surface area contributed by atoms with E-state index in [-0.39, 0.29) is 11.7 Å². The summed E-state index contributed by atoms with van der Waals surface area (Å²) in [5.41, 5.74) is 8.64. The molecule has 0 radical (unpaired) electrons. The van der Waals surface area contributed by atoms with E-state index < -0.39 is 0 Å². The molecule has 1 aromatic heterocycles. The van der Waals surface area contributed by atoms with E-state index in [1.54, 1.807) is 0 Å². The van der Waals surface area contributed by atoms with Crippen LogP contribution in [0.15, 0.2) is 146 Å². The van der Waals surface area contributed by atoms with Crippen molar-refractivity contribution in [1.29, 1.82) is 0 Å². The number of rotatable bonds is 5. The lowest BCUT2D eigenvalue weighted by Gasteiger charge is -2.19. The van der Waals surface area contributed by atoms with Gasteiger partial charge < -0.3 is 4.57 Å². The van der Waals surface area contributed by atoms with Crippen molar-refractivity contribution in [3.05, 3.63) is 173 Å². The predicted octanol–water partition coefficient (Wildman–Crippen LogP) is 11.4. The summed E-state index contributed by atoms with van der Waals surface area (Å²) in [6.45, 7) is 4.49. The Balaban J connectivity index is 1.18. The molecule has 2 heteroatoms. The lowest BCUT2D eigenvalue weighted by atomic mass is 9.85. The SMILES string of the molecule is Cc1ccc2c(c1)c1cc(C(C)c3ccc4ccc5cccc6ccc3c4c56)ccc1n2-c1ccc(C(=O)c2ccccc2)cc1. The number of benzene rings is 8. The number of nitrogens with zero attached hydrogens (tertiary/aromatic N) is 1. The van der Waals surface area contributed by atoms with Gasteiger partial charge in [0.05, 0.1) is 11.0 Å². The molecule has 0 aliphatic rings. The molecule has 1 atom stereocenters. The number of ketones is 1. The van der Waals surface area contributed by atoms with Crippen molar-refractivity contribution < 1.29 is 4.79 Å². The normalized spacial score (nSPS) is 12.6. The summed E-state index contributed by atoms with van der Waals surface area (Å²) >= 11 is 0. The van der Waals surface area contributed by atoms with Gasteiger partial charge in [0.1, 0.15) is 0 Å². The molecule has 46 heavy (non-hydrogen) atoms. The van der Waals surface area contributed by atoms with Crippen LogP contribution in [0.5, 0.6) is 0 Å². The Kier molecular flexibility index (Phi) is 5.88. The van der Waals surface area contributed by atoms with Crippen molar-refractivity contribution in [2.75, 3.05) is 0 Å². The Morgan fingerprint density at radius 1 is 0.543 bits per heavy atom. The highest BCUT2D eigenvalue weighted by molar-refractivity contribution is 6.23. The fraction of sp³-hybridized carbons (Fsp3) is 0.0682. The van der Waals surface area contributed by atoms with Crippen molar-refractivity contribution >= 4 is 59.9 Å². The van der Waals surface area contributed by atoms with E-state index in [4.69, 9.17) is 0 Å². The largest absolute Gasteiger partial charge is 0.309 e. The summed E-state index contributed by atoms with van der Waals surface area (Å²) in [7, 11) is 0. The summed E-state index contributed by atoms with van der Waals surface area (Å²) in [6, 6.07) is 51.4. The Morgan fingerprint density at radius 3 is 1.93 bits per heavy atom. The van der Waals surface area contributed by atoms with Crippen LogP contribution in [-0.4, -0.2) is 10.4 Å². The molecule has 0 fully saturated rings. The van der Waals surface area contributed by atoms with E-state index in [0.717, 1.165) is 16.7 Å². The molecule has 1 unspecified atom stereocenters. The fourth-order valence-corrected chi connectivity index (χ4v) is 7.54. The summed E-state index contributed by atoms with van der Waals surface area (Å²) in [5.74, 6) is 0.246. The maximum absolute atomic E-state index is 13.1. The molecule has 0 spiro atoms. The van der Waals surface area contributed by atoms with E-state index in [2.05, 4.69) is 122 Å². The van der Waals surface area contributed by atoms with Crippen LogP contribution >= 0.6 is 0 Å². The first-order valence-electron chi connectivity index (χ1n) is 16.0. The van der Waals surface area contributed by atoms with Gasteiger partial charge in [-0.3, -0.25) is 4.79 Å². The number of hydrogen-bond donors (Lipinski definition) is 0. The standard InChI is InChI=1S/C44H31NO/c1-27-11-23-40-38(25-27)39-26-34(18-24-41(39)45(40)35-19-14-33(15-20-35)44(46)32-7-4-3-5-8-32)28(2)36-21-16-31-13-12-29-9-6-10-30-17-22-37(36)43(31)42(29)30/h3-26,28H,1-2H3. The van der Waals surface area contributed by atoms with Crippen LogP contribution in [0.3, 0.4) is 0 Å². The second kappa shape index (κ2) is 10.2. The van der Waals surface area contributed by atoms with Crippen LogP contribution in [0.4, 0.5) is 0 Å². The molecule has 0 saturated heterocycles. The molecule has 0 amide bonds. The zero-order valence-corrected chi connectivity index (χ0v) is 25.8. The maximum atomic E-state index is 13.1. The predicted molar refractivity (Wildman–Crippen MR) is 193 cm³/mol. The van der Waals surface area contributed by atoms with Crippen LogP contribution in [0, 0.1) is 6.92 Å². The molecule has 218 valence electrons. The second-order valence-corrected chi connectivity index (χ2v) is 12.6. The third-order valence-electron chi connectivity index (χ3n) is 9.90. The first kappa shape index (κ1) is 26.7. The van der Waals surface area contributed by atoms with Gasteiger partial charge in [-0.1, -0.05) is 110 Å². The summed E-state index contributed by atoms with van der Waals surface area (Å²) in [5, 5.41) is 10.4. The molecule has 1 heterocycles. The third kappa shape index (κ3) is 4.00. The van der Waals surface area contributed by atoms with Crippen LogP contribution in [0.25, 0.3) is 59.8 Å². The van der Waals surface area contributed by atoms with Crippen molar-refractivity contribution in [2.24, 2.45) is 0 Å². The molecule has 9 aromatic rings. The number of carbonyl (C=O) groups is 1. The number of hydrogen-bond acceptors (Lipinski definition) is 1. The van der Waals surface area contributed by atoms with Gasteiger partial charge in [-0.25, -0.2) is 0 Å². The van der Waals surface area contributed by atoms with Gasteiger partial charge in [-0.2, -0.15) is 0 Å². The molecule has 0 aliphatic heterocycles. The first-order chi connectivity index (χ1) is 22.5. The summed E-state index contributed by atoms with van der Waals surface area (Å²) < 4.78 is 2.32. The minimum atomic E-state index is 0.0374. The van der Waals surface area contributed by atoms with Crippen molar-refractivity contribution in [1.82, 2.24) is 4.57 Å². The van der Waals surface area contributed by atoms with Crippen LogP contribution in [0.1, 0.15) is 45.5 Å². The van der Waals surface area contributed by atoms with Gasteiger partial charge >= 0.3 is 0 Å². The highest BCUT2D eigenvalue weighted by atomic mass is 16.1. The Bertz CT molecular complexity index is 2590. The molecule has 9 rings (SSSR count). The minimum Gasteiger partial charge on any atom is -0.309 e. The quantitative estimate of drug-likeness (QED) is 0.145. The Labute approximate surface area is 267 Å². The lowest BCUT2D eigenvalue weighted by Crippen LogP contribution is -2.02. The Hall–Kier alpha value is -5.73. The molecular formula is C44H31NO. The van der Waals surface area contributed by atoms with E-state index in [9.17, 15) is 4.79 Å². The van der Waals surface area contributed by atoms with Crippen molar-refractivity contribution in [3.8, 4) is 5.69 Å². The van der Waals surface area contributed by atoms with Gasteiger partial charge in [0, 0.05) is 33.5 Å². The van der Waals surface area contributed by atoms with E-state index in [1.165, 1.54) is 59.8 Å². The number of aryl methyl sites for hydroxylation is 1. The van der Waals surface area contributed by atoms with Crippen LogP contribution < -0.4 is 0 Å². The first-order valence-corrected chi connectivity index (χ1v) is 16.0. The molecule has 2 nitrogen and oxygen atoms in total. The lowest BCUT2D eigenvalue weighted by molar-refractivity contribution is 0.103. The monoisotopic (exact) mass is 589 g/mol.